The Bertz CT molecular complexity index is 930. The Kier molecular flexibility index (Phi) is 5.98. The number of allylic oxidation sites excluding steroid dienone is 1. The number of halogens is 2. The molecule has 1 fully saturated rings. The normalized spacial score (nSPS) is 20.4. The van der Waals surface area contributed by atoms with Gasteiger partial charge in [0.2, 0.25) is 6.10 Å². The highest BCUT2D eigenvalue weighted by atomic mass is 35.5. The standard InChI is InChI=1S/C22H19Cl2NO3/c1-22(2)17(12-19(23)24)20(22)21(26)28-18(13-25)14-7-6-10-16(11-14)27-15-8-4-3-5-9-15/h3-12,17-18,20H,1-2H3/t17-,18?,20+/m0/s1. The third-order valence-corrected chi connectivity index (χ3v) is 5.21. The lowest BCUT2D eigenvalue weighted by molar-refractivity contribution is -0.149. The van der Waals surface area contributed by atoms with Crippen LogP contribution in [0.4, 0.5) is 0 Å². The first-order valence-corrected chi connectivity index (χ1v) is 9.54. The van der Waals surface area contributed by atoms with Gasteiger partial charge in [0, 0.05) is 5.56 Å². The molecule has 0 saturated heterocycles. The van der Waals surface area contributed by atoms with Crippen LogP contribution >= 0.6 is 23.2 Å². The quantitative estimate of drug-likeness (QED) is 0.528. The van der Waals surface area contributed by atoms with Gasteiger partial charge in [0.25, 0.3) is 0 Å². The highest BCUT2D eigenvalue weighted by molar-refractivity contribution is 6.55. The largest absolute Gasteiger partial charge is 0.457 e. The lowest BCUT2D eigenvalue weighted by atomic mass is 10.1. The number of nitrogens with zero attached hydrogens (tertiary/aromatic N) is 1. The first-order chi connectivity index (χ1) is 13.3. The zero-order valence-corrected chi connectivity index (χ0v) is 16.9. The van der Waals surface area contributed by atoms with E-state index in [1.807, 2.05) is 50.2 Å². The number of carbonyl (C=O) groups excluding carboxylic acids is 1. The lowest BCUT2D eigenvalue weighted by Gasteiger charge is -2.13. The van der Waals surface area contributed by atoms with Crippen molar-refractivity contribution in [3.05, 3.63) is 70.7 Å². The topological polar surface area (TPSA) is 59.3 Å². The molecule has 3 rings (SSSR count). The number of carbonyl (C=O) groups is 1. The lowest BCUT2D eigenvalue weighted by Crippen LogP contribution is -2.14. The number of para-hydroxylation sites is 1. The summed E-state index contributed by atoms with van der Waals surface area (Å²) in [6.07, 6.45) is 0.615. The van der Waals surface area contributed by atoms with Crippen molar-refractivity contribution < 1.29 is 14.3 Å². The van der Waals surface area contributed by atoms with Crippen molar-refractivity contribution in [3.63, 3.8) is 0 Å². The Hall–Kier alpha value is -2.48. The summed E-state index contributed by atoms with van der Waals surface area (Å²) in [5, 5.41) is 9.53. The second-order valence-corrected chi connectivity index (χ2v) is 8.22. The predicted molar refractivity (Wildman–Crippen MR) is 108 cm³/mol. The van der Waals surface area contributed by atoms with Crippen LogP contribution in [-0.4, -0.2) is 5.97 Å². The smallest absolute Gasteiger partial charge is 0.311 e. The third kappa shape index (κ3) is 4.49. The van der Waals surface area contributed by atoms with Gasteiger partial charge in [-0.05, 0) is 41.7 Å². The number of hydrogen-bond acceptors (Lipinski definition) is 4. The second kappa shape index (κ2) is 8.26. The van der Waals surface area contributed by atoms with E-state index < -0.39 is 12.1 Å². The van der Waals surface area contributed by atoms with Gasteiger partial charge < -0.3 is 9.47 Å². The minimum Gasteiger partial charge on any atom is -0.457 e. The molecule has 1 aliphatic rings. The fourth-order valence-electron chi connectivity index (χ4n) is 3.30. The van der Waals surface area contributed by atoms with E-state index >= 15 is 0 Å². The maximum absolute atomic E-state index is 12.6. The van der Waals surface area contributed by atoms with E-state index in [4.69, 9.17) is 32.7 Å². The van der Waals surface area contributed by atoms with E-state index in [0.717, 1.165) is 0 Å². The Labute approximate surface area is 174 Å². The van der Waals surface area contributed by atoms with E-state index in [-0.39, 0.29) is 21.7 Å². The van der Waals surface area contributed by atoms with Crippen molar-refractivity contribution in [1.82, 2.24) is 0 Å². The van der Waals surface area contributed by atoms with Gasteiger partial charge >= 0.3 is 5.97 Å². The van der Waals surface area contributed by atoms with Crippen LogP contribution in [0.2, 0.25) is 0 Å². The average molecular weight is 416 g/mol. The molecule has 0 N–H and O–H groups in total. The summed E-state index contributed by atoms with van der Waals surface area (Å²) in [6, 6.07) is 18.3. The molecule has 0 amide bonds. The van der Waals surface area contributed by atoms with E-state index in [2.05, 4.69) is 0 Å². The molecule has 144 valence electrons. The van der Waals surface area contributed by atoms with Crippen LogP contribution in [0.5, 0.6) is 11.5 Å². The molecule has 2 aromatic carbocycles. The van der Waals surface area contributed by atoms with Crippen LogP contribution < -0.4 is 4.74 Å². The molecule has 4 nitrogen and oxygen atoms in total. The van der Waals surface area contributed by atoms with Gasteiger partial charge in [-0.1, -0.05) is 67.4 Å². The molecule has 0 aliphatic heterocycles. The number of nitriles is 1. The third-order valence-electron chi connectivity index (χ3n) is 4.96. The van der Waals surface area contributed by atoms with Gasteiger partial charge in [0.05, 0.1) is 5.92 Å². The average Bonchev–Trinajstić information content (AvgIpc) is 3.20. The van der Waals surface area contributed by atoms with Gasteiger partial charge in [0.1, 0.15) is 22.1 Å². The number of ether oxygens (including phenoxy) is 2. The number of hydrogen-bond donors (Lipinski definition) is 0. The van der Waals surface area contributed by atoms with Crippen LogP contribution in [-0.2, 0) is 9.53 Å². The Morgan fingerprint density at radius 3 is 2.46 bits per heavy atom. The van der Waals surface area contributed by atoms with E-state index in [1.54, 1.807) is 30.3 Å². The molecule has 3 atom stereocenters. The summed E-state index contributed by atoms with van der Waals surface area (Å²) in [7, 11) is 0. The van der Waals surface area contributed by atoms with E-state index in [9.17, 15) is 10.1 Å². The fraction of sp³-hybridized carbons (Fsp3) is 0.273. The summed E-state index contributed by atoms with van der Waals surface area (Å²) in [5.74, 6) is 0.289. The summed E-state index contributed by atoms with van der Waals surface area (Å²) in [5.41, 5.74) is 0.231. The number of benzene rings is 2. The maximum Gasteiger partial charge on any atom is 0.311 e. The monoisotopic (exact) mass is 415 g/mol. The van der Waals surface area contributed by atoms with Crippen LogP contribution in [0.15, 0.2) is 65.2 Å². The van der Waals surface area contributed by atoms with Crippen molar-refractivity contribution in [1.29, 1.82) is 5.26 Å². The molecule has 28 heavy (non-hydrogen) atoms. The Balaban J connectivity index is 1.72. The molecule has 0 radical (unpaired) electrons. The van der Waals surface area contributed by atoms with E-state index in [1.165, 1.54) is 0 Å². The maximum atomic E-state index is 12.6. The summed E-state index contributed by atoms with van der Waals surface area (Å²) < 4.78 is 11.4. The van der Waals surface area contributed by atoms with Gasteiger partial charge in [-0.2, -0.15) is 5.26 Å². The number of esters is 1. The van der Waals surface area contributed by atoms with Gasteiger partial charge in [0.15, 0.2) is 0 Å². The summed E-state index contributed by atoms with van der Waals surface area (Å²) in [6.45, 7) is 3.87. The molecule has 0 bridgehead atoms. The predicted octanol–water partition coefficient (Wildman–Crippen LogP) is 6.18. The second-order valence-electron chi connectivity index (χ2n) is 7.21. The van der Waals surface area contributed by atoms with Crippen LogP contribution in [0.3, 0.4) is 0 Å². The first-order valence-electron chi connectivity index (χ1n) is 8.78. The van der Waals surface area contributed by atoms with E-state index in [0.29, 0.717) is 17.1 Å². The molecule has 0 aromatic heterocycles. The van der Waals surface area contributed by atoms with Crippen molar-refractivity contribution in [2.24, 2.45) is 17.3 Å². The van der Waals surface area contributed by atoms with Crippen molar-refractivity contribution >= 4 is 29.2 Å². The minimum absolute atomic E-state index is 0.114. The highest BCUT2D eigenvalue weighted by Gasteiger charge is 2.62. The molecular weight excluding hydrogens is 397 g/mol. The van der Waals surface area contributed by atoms with Crippen LogP contribution in [0.1, 0.15) is 25.5 Å². The van der Waals surface area contributed by atoms with Crippen molar-refractivity contribution in [2.75, 3.05) is 0 Å². The molecule has 0 spiro atoms. The van der Waals surface area contributed by atoms with Crippen LogP contribution in [0, 0.1) is 28.6 Å². The fourth-order valence-corrected chi connectivity index (χ4v) is 3.57. The minimum atomic E-state index is -1.03. The molecule has 6 heteroatoms. The molecule has 1 saturated carbocycles. The Morgan fingerprint density at radius 2 is 1.82 bits per heavy atom. The zero-order chi connectivity index (χ0) is 20.3. The van der Waals surface area contributed by atoms with Crippen LogP contribution in [0.25, 0.3) is 0 Å². The van der Waals surface area contributed by atoms with Crippen molar-refractivity contribution in [2.45, 2.75) is 20.0 Å². The summed E-state index contributed by atoms with van der Waals surface area (Å²) in [4.78, 5) is 12.6. The Morgan fingerprint density at radius 1 is 1.14 bits per heavy atom. The van der Waals surface area contributed by atoms with Gasteiger partial charge in [-0.15, -0.1) is 0 Å². The first kappa shape index (κ1) is 20.3. The molecule has 1 unspecified atom stereocenters. The van der Waals surface area contributed by atoms with Gasteiger partial charge in [-0.25, -0.2) is 0 Å². The van der Waals surface area contributed by atoms with Gasteiger partial charge in [-0.3, -0.25) is 4.79 Å². The number of rotatable bonds is 6. The molecule has 2 aromatic rings. The summed E-state index contributed by atoms with van der Waals surface area (Å²) >= 11 is 11.5. The molecule has 1 aliphatic carbocycles. The zero-order valence-electron chi connectivity index (χ0n) is 15.4. The molecule has 0 heterocycles. The SMILES string of the molecule is CC1(C)[C@@H](C=C(Cl)Cl)[C@@H]1C(=O)OC(C#N)c1cccc(Oc2ccccc2)c1. The van der Waals surface area contributed by atoms with Crippen molar-refractivity contribution in [3.8, 4) is 17.6 Å². The highest BCUT2D eigenvalue weighted by Crippen LogP contribution is 2.60. The molecular formula is C22H19Cl2NO3.